The topological polar surface area (TPSA) is 52.3 Å². The van der Waals surface area contributed by atoms with Gasteiger partial charge in [-0.2, -0.15) is 0 Å². The van der Waals surface area contributed by atoms with E-state index in [2.05, 4.69) is 0 Å². The number of hydrogen-bond donors (Lipinski definition) is 1. The number of nitrogen functional groups attached to an aromatic ring is 1. The minimum atomic E-state index is -0.620. The van der Waals surface area contributed by atoms with E-state index in [1.807, 2.05) is 0 Å². The van der Waals surface area contributed by atoms with E-state index in [1.54, 1.807) is 27.7 Å². The number of esters is 1. The number of ether oxygens (including phenoxy) is 1. The summed E-state index contributed by atoms with van der Waals surface area (Å²) >= 11 is 0. The maximum atomic E-state index is 13.5. The second-order valence-electron chi connectivity index (χ2n) is 4.66. The highest BCUT2D eigenvalue weighted by atomic mass is 19.1. The van der Waals surface area contributed by atoms with Crippen molar-refractivity contribution in [1.29, 1.82) is 0 Å². The highest BCUT2D eigenvalue weighted by molar-refractivity contribution is 5.95. The number of nitrogens with two attached hydrogens (primary N) is 1. The van der Waals surface area contributed by atoms with Gasteiger partial charge >= 0.3 is 5.97 Å². The number of halogens is 1. The van der Waals surface area contributed by atoms with Gasteiger partial charge < -0.3 is 10.5 Å². The molecule has 0 aromatic heterocycles. The van der Waals surface area contributed by atoms with Gasteiger partial charge in [0.15, 0.2) is 0 Å². The monoisotopic (exact) mass is 225 g/mol. The van der Waals surface area contributed by atoms with Crippen molar-refractivity contribution in [2.45, 2.75) is 33.3 Å². The molecule has 4 heteroatoms. The van der Waals surface area contributed by atoms with E-state index in [0.29, 0.717) is 5.56 Å². The fourth-order valence-electron chi connectivity index (χ4n) is 1.21. The van der Waals surface area contributed by atoms with E-state index >= 15 is 0 Å². The molecule has 0 fully saturated rings. The lowest BCUT2D eigenvalue weighted by Gasteiger charge is -2.20. The molecule has 88 valence electrons. The Labute approximate surface area is 94.4 Å². The SMILES string of the molecule is Cc1ccc(C(=O)OC(C)(C)C)c(N)c1F. The minimum absolute atomic E-state index is 0.0676. The van der Waals surface area contributed by atoms with Crippen molar-refractivity contribution in [3.8, 4) is 0 Å². The third kappa shape index (κ3) is 2.72. The van der Waals surface area contributed by atoms with Gasteiger partial charge in [0.25, 0.3) is 0 Å². The van der Waals surface area contributed by atoms with Crippen molar-refractivity contribution in [1.82, 2.24) is 0 Å². The fraction of sp³-hybridized carbons (Fsp3) is 0.417. The van der Waals surface area contributed by atoms with Crippen LogP contribution in [0.25, 0.3) is 0 Å². The molecule has 2 N–H and O–H groups in total. The lowest BCUT2D eigenvalue weighted by Crippen LogP contribution is -2.24. The average Bonchev–Trinajstić information content (AvgIpc) is 2.11. The normalized spacial score (nSPS) is 11.3. The number of benzene rings is 1. The molecule has 0 amide bonds. The molecule has 0 atom stereocenters. The van der Waals surface area contributed by atoms with E-state index in [1.165, 1.54) is 12.1 Å². The molecule has 0 bridgehead atoms. The number of aryl methyl sites for hydroxylation is 1. The van der Waals surface area contributed by atoms with Crippen molar-refractivity contribution in [2.24, 2.45) is 0 Å². The largest absolute Gasteiger partial charge is 0.456 e. The molecule has 0 heterocycles. The Balaban J connectivity index is 3.06. The summed E-state index contributed by atoms with van der Waals surface area (Å²) in [5, 5.41) is 0. The van der Waals surface area contributed by atoms with E-state index in [4.69, 9.17) is 10.5 Å². The van der Waals surface area contributed by atoms with Crippen molar-refractivity contribution in [2.75, 3.05) is 5.73 Å². The van der Waals surface area contributed by atoms with E-state index in [0.717, 1.165) is 0 Å². The lowest BCUT2D eigenvalue weighted by molar-refractivity contribution is 0.00704. The van der Waals surface area contributed by atoms with Crippen molar-refractivity contribution < 1.29 is 13.9 Å². The van der Waals surface area contributed by atoms with Gasteiger partial charge in [0, 0.05) is 0 Å². The van der Waals surface area contributed by atoms with Crippen LogP contribution in [0.4, 0.5) is 10.1 Å². The van der Waals surface area contributed by atoms with E-state index < -0.39 is 17.4 Å². The molecule has 0 aliphatic carbocycles. The summed E-state index contributed by atoms with van der Waals surface area (Å²) in [7, 11) is 0. The van der Waals surface area contributed by atoms with Crippen LogP contribution < -0.4 is 5.73 Å². The molecule has 1 aromatic rings. The first kappa shape index (κ1) is 12.5. The highest BCUT2D eigenvalue weighted by Crippen LogP contribution is 2.22. The van der Waals surface area contributed by atoms with Gasteiger partial charge in [0.05, 0.1) is 11.3 Å². The molecule has 16 heavy (non-hydrogen) atoms. The number of anilines is 1. The molecule has 0 aliphatic rings. The standard InChI is InChI=1S/C12H16FNO2/c1-7-5-6-8(10(14)9(7)13)11(15)16-12(2,3)4/h5-6H,14H2,1-4H3. The summed E-state index contributed by atoms with van der Waals surface area (Å²) in [4.78, 5) is 11.7. The van der Waals surface area contributed by atoms with Crippen LogP contribution in [0.5, 0.6) is 0 Å². The zero-order valence-electron chi connectivity index (χ0n) is 9.93. The van der Waals surface area contributed by atoms with Crippen LogP contribution in [0.15, 0.2) is 12.1 Å². The zero-order valence-corrected chi connectivity index (χ0v) is 9.93. The minimum Gasteiger partial charge on any atom is -0.456 e. The van der Waals surface area contributed by atoms with E-state index in [-0.39, 0.29) is 11.3 Å². The quantitative estimate of drug-likeness (QED) is 0.590. The van der Waals surface area contributed by atoms with Gasteiger partial charge in [-0.25, -0.2) is 9.18 Å². The van der Waals surface area contributed by atoms with Crippen LogP contribution >= 0.6 is 0 Å². The smallest absolute Gasteiger partial charge is 0.340 e. The first-order chi connectivity index (χ1) is 7.22. The van der Waals surface area contributed by atoms with Gasteiger partial charge in [0.1, 0.15) is 11.4 Å². The Morgan fingerprint density at radius 1 is 1.38 bits per heavy atom. The Morgan fingerprint density at radius 2 is 1.94 bits per heavy atom. The Kier molecular flexibility index (Phi) is 3.21. The van der Waals surface area contributed by atoms with Crippen molar-refractivity contribution in [3.63, 3.8) is 0 Å². The Bertz CT molecular complexity index is 422. The molecular weight excluding hydrogens is 209 g/mol. The molecule has 0 saturated heterocycles. The lowest BCUT2D eigenvalue weighted by atomic mass is 10.1. The first-order valence-corrected chi connectivity index (χ1v) is 5.00. The van der Waals surface area contributed by atoms with E-state index in [9.17, 15) is 9.18 Å². The molecular formula is C12H16FNO2. The van der Waals surface area contributed by atoms with Gasteiger partial charge in [-0.15, -0.1) is 0 Å². The molecule has 0 radical (unpaired) electrons. The Hall–Kier alpha value is -1.58. The summed E-state index contributed by atoms with van der Waals surface area (Å²) in [6, 6.07) is 2.98. The second kappa shape index (κ2) is 4.12. The summed E-state index contributed by atoms with van der Waals surface area (Å²) in [6.45, 7) is 6.81. The number of carbonyl (C=O) groups is 1. The predicted octanol–water partition coefficient (Wildman–Crippen LogP) is 2.67. The van der Waals surface area contributed by atoms with Gasteiger partial charge in [-0.1, -0.05) is 6.07 Å². The van der Waals surface area contributed by atoms with Crippen LogP contribution in [0.3, 0.4) is 0 Å². The van der Waals surface area contributed by atoms with Crippen LogP contribution in [0.1, 0.15) is 36.7 Å². The first-order valence-electron chi connectivity index (χ1n) is 5.00. The zero-order chi connectivity index (χ0) is 12.5. The van der Waals surface area contributed by atoms with Crippen LogP contribution in [0.2, 0.25) is 0 Å². The Morgan fingerprint density at radius 3 is 2.44 bits per heavy atom. The fourth-order valence-corrected chi connectivity index (χ4v) is 1.21. The number of hydrogen-bond acceptors (Lipinski definition) is 3. The van der Waals surface area contributed by atoms with Crippen molar-refractivity contribution in [3.05, 3.63) is 29.1 Å². The van der Waals surface area contributed by atoms with Gasteiger partial charge in [0.2, 0.25) is 0 Å². The molecule has 0 unspecified atom stereocenters. The molecule has 0 aliphatic heterocycles. The average molecular weight is 225 g/mol. The summed E-state index contributed by atoms with van der Waals surface area (Å²) in [5.41, 5.74) is 5.22. The maximum Gasteiger partial charge on any atom is 0.340 e. The van der Waals surface area contributed by atoms with Crippen molar-refractivity contribution >= 4 is 11.7 Å². The summed E-state index contributed by atoms with van der Waals surface area (Å²) in [6.07, 6.45) is 0. The predicted molar refractivity (Wildman–Crippen MR) is 60.7 cm³/mol. The highest BCUT2D eigenvalue weighted by Gasteiger charge is 2.21. The molecule has 1 rings (SSSR count). The summed E-state index contributed by atoms with van der Waals surface area (Å²) < 4.78 is 18.6. The third-order valence-electron chi connectivity index (χ3n) is 1.99. The van der Waals surface area contributed by atoms with Crippen LogP contribution in [-0.4, -0.2) is 11.6 Å². The van der Waals surface area contributed by atoms with Crippen LogP contribution in [0, 0.1) is 12.7 Å². The third-order valence-corrected chi connectivity index (χ3v) is 1.99. The number of carbonyl (C=O) groups excluding carboxylic acids is 1. The second-order valence-corrected chi connectivity index (χ2v) is 4.66. The molecule has 1 aromatic carbocycles. The van der Waals surface area contributed by atoms with Gasteiger partial charge in [-0.3, -0.25) is 0 Å². The molecule has 0 saturated carbocycles. The van der Waals surface area contributed by atoms with Crippen LogP contribution in [-0.2, 0) is 4.74 Å². The number of rotatable bonds is 1. The molecule has 3 nitrogen and oxygen atoms in total. The van der Waals surface area contributed by atoms with Gasteiger partial charge in [-0.05, 0) is 39.3 Å². The molecule has 0 spiro atoms. The maximum absolute atomic E-state index is 13.5. The summed E-state index contributed by atoms with van der Waals surface area (Å²) in [5.74, 6) is -1.17.